The van der Waals surface area contributed by atoms with Gasteiger partial charge in [0, 0.05) is 30.4 Å². The molecule has 0 spiro atoms. The van der Waals surface area contributed by atoms with Crippen LogP contribution in [0.1, 0.15) is 29.8 Å². The summed E-state index contributed by atoms with van der Waals surface area (Å²) in [5.74, 6) is 0.985. The zero-order chi connectivity index (χ0) is 15.0. The van der Waals surface area contributed by atoms with E-state index in [-0.39, 0.29) is 17.6 Å². The summed E-state index contributed by atoms with van der Waals surface area (Å²) < 4.78 is 11.4. The molecule has 0 N–H and O–H groups in total. The summed E-state index contributed by atoms with van der Waals surface area (Å²) in [6.45, 7) is 6.00. The number of hydrogen-bond acceptors (Lipinski definition) is 3. The van der Waals surface area contributed by atoms with Crippen molar-refractivity contribution in [1.29, 1.82) is 0 Å². The van der Waals surface area contributed by atoms with Crippen molar-refractivity contribution >= 4 is 21.8 Å². The highest BCUT2D eigenvalue weighted by Gasteiger charge is 2.35. The van der Waals surface area contributed by atoms with Crippen LogP contribution in [0.25, 0.3) is 0 Å². The molecule has 0 bridgehead atoms. The summed E-state index contributed by atoms with van der Waals surface area (Å²) in [4.78, 5) is 14.7. The molecule has 114 valence electrons. The van der Waals surface area contributed by atoms with Gasteiger partial charge >= 0.3 is 0 Å². The van der Waals surface area contributed by atoms with Crippen molar-refractivity contribution in [2.75, 3.05) is 25.0 Å². The second kappa shape index (κ2) is 5.61. The lowest BCUT2D eigenvalue weighted by Gasteiger charge is -2.42. The van der Waals surface area contributed by atoms with Gasteiger partial charge < -0.3 is 14.4 Å². The highest BCUT2D eigenvalue weighted by atomic mass is 79.9. The van der Waals surface area contributed by atoms with Crippen LogP contribution in [0.4, 0.5) is 0 Å². The number of hydrogen-bond donors (Lipinski definition) is 0. The molecule has 0 radical (unpaired) electrons. The molecule has 3 rings (SSSR count). The van der Waals surface area contributed by atoms with Crippen molar-refractivity contribution in [3.63, 3.8) is 0 Å². The highest BCUT2D eigenvalue weighted by Crippen LogP contribution is 2.28. The van der Waals surface area contributed by atoms with Crippen LogP contribution < -0.4 is 4.74 Å². The predicted octanol–water partition coefficient (Wildman–Crippen LogP) is 2.64. The van der Waals surface area contributed by atoms with Gasteiger partial charge in [0.1, 0.15) is 5.75 Å². The molecule has 1 unspecified atom stereocenters. The van der Waals surface area contributed by atoms with Gasteiger partial charge in [-0.05, 0) is 37.6 Å². The van der Waals surface area contributed by atoms with E-state index >= 15 is 0 Å². The number of rotatable bonds is 2. The summed E-state index contributed by atoms with van der Waals surface area (Å²) in [6.07, 6.45) is 0.921. The molecule has 1 saturated heterocycles. The molecule has 0 aliphatic carbocycles. The molecular formula is C16H20BrNO3. The molecule has 0 aromatic heterocycles. The van der Waals surface area contributed by atoms with Crippen LogP contribution in [-0.4, -0.2) is 47.5 Å². The Morgan fingerprint density at radius 2 is 2.29 bits per heavy atom. The maximum atomic E-state index is 12.8. The average Bonchev–Trinajstić information content (AvgIpc) is 2.92. The molecule has 1 amide bonds. The van der Waals surface area contributed by atoms with Gasteiger partial charge in [-0.3, -0.25) is 4.79 Å². The summed E-state index contributed by atoms with van der Waals surface area (Å²) in [6, 6.07) is 5.73. The smallest absolute Gasteiger partial charge is 0.254 e. The maximum absolute atomic E-state index is 12.8. The van der Waals surface area contributed by atoms with Crippen LogP contribution in [0.3, 0.4) is 0 Å². The quantitative estimate of drug-likeness (QED) is 0.767. The van der Waals surface area contributed by atoms with E-state index in [1.807, 2.05) is 36.9 Å². The fraction of sp³-hybridized carbons (Fsp3) is 0.562. The molecule has 4 nitrogen and oxygen atoms in total. The molecule has 1 aromatic carbocycles. The fourth-order valence-corrected chi connectivity index (χ4v) is 3.37. The van der Waals surface area contributed by atoms with E-state index in [2.05, 4.69) is 15.9 Å². The largest absolute Gasteiger partial charge is 0.493 e. The number of halogens is 1. The first-order chi connectivity index (χ1) is 9.98. The van der Waals surface area contributed by atoms with E-state index in [9.17, 15) is 4.79 Å². The third-order valence-corrected chi connectivity index (χ3v) is 4.60. The van der Waals surface area contributed by atoms with Gasteiger partial charge in [-0.25, -0.2) is 0 Å². The van der Waals surface area contributed by atoms with Gasteiger partial charge in [0.15, 0.2) is 0 Å². The van der Waals surface area contributed by atoms with E-state index in [0.717, 1.165) is 28.6 Å². The second-order valence-electron chi connectivity index (χ2n) is 6.26. The monoisotopic (exact) mass is 353 g/mol. The maximum Gasteiger partial charge on any atom is 0.254 e. The number of carbonyl (C=O) groups excluding carboxylic acids is 1. The molecule has 21 heavy (non-hydrogen) atoms. The Morgan fingerprint density at radius 3 is 3.05 bits per heavy atom. The lowest BCUT2D eigenvalue weighted by Crippen LogP contribution is -2.55. The minimum Gasteiger partial charge on any atom is -0.493 e. The standard InChI is InChI=1S/C16H20BrNO3/c1-16(2)10-18(9-13(8-17)21-16)15(19)12-3-4-14-11(7-12)5-6-20-14/h3-4,7,13H,5-6,8-10H2,1-2H3. The number of benzene rings is 1. The Labute approximate surface area is 133 Å². The normalized spacial score (nSPS) is 23.6. The number of alkyl halides is 1. The van der Waals surface area contributed by atoms with E-state index in [1.165, 1.54) is 0 Å². The molecule has 1 fully saturated rings. The zero-order valence-corrected chi connectivity index (χ0v) is 14.0. The van der Waals surface area contributed by atoms with E-state index in [1.54, 1.807) is 0 Å². The van der Waals surface area contributed by atoms with Gasteiger partial charge in [0.05, 0.1) is 18.3 Å². The van der Waals surface area contributed by atoms with Crippen LogP contribution in [0.5, 0.6) is 5.75 Å². The van der Waals surface area contributed by atoms with Gasteiger partial charge in [0.25, 0.3) is 5.91 Å². The van der Waals surface area contributed by atoms with Crippen LogP contribution in [-0.2, 0) is 11.2 Å². The van der Waals surface area contributed by atoms with Crippen molar-refractivity contribution in [2.45, 2.75) is 32.0 Å². The summed E-state index contributed by atoms with van der Waals surface area (Å²) in [7, 11) is 0. The fourth-order valence-electron chi connectivity index (χ4n) is 3.03. The lowest BCUT2D eigenvalue weighted by atomic mass is 10.0. The van der Waals surface area contributed by atoms with Crippen molar-refractivity contribution in [3.05, 3.63) is 29.3 Å². The molecule has 5 heteroatoms. The first-order valence-corrected chi connectivity index (χ1v) is 8.39. The number of ether oxygens (including phenoxy) is 2. The Bertz CT molecular complexity index is 558. The first kappa shape index (κ1) is 14.9. The summed E-state index contributed by atoms with van der Waals surface area (Å²) >= 11 is 3.46. The SMILES string of the molecule is CC1(C)CN(C(=O)c2ccc3c(c2)CCO3)CC(CBr)O1. The van der Waals surface area contributed by atoms with Crippen LogP contribution in [0.15, 0.2) is 18.2 Å². The Balaban J connectivity index is 1.81. The number of carbonyl (C=O) groups is 1. The lowest BCUT2D eigenvalue weighted by molar-refractivity contribution is -0.116. The van der Waals surface area contributed by atoms with E-state index in [4.69, 9.17) is 9.47 Å². The molecule has 2 aliphatic heterocycles. The molecule has 0 saturated carbocycles. The van der Waals surface area contributed by atoms with Crippen molar-refractivity contribution in [2.24, 2.45) is 0 Å². The predicted molar refractivity (Wildman–Crippen MR) is 84.3 cm³/mol. The molecule has 2 aliphatic rings. The van der Waals surface area contributed by atoms with Gasteiger partial charge in [-0.2, -0.15) is 0 Å². The van der Waals surface area contributed by atoms with E-state index in [0.29, 0.717) is 19.7 Å². The molecular weight excluding hydrogens is 334 g/mol. The number of morpholine rings is 1. The van der Waals surface area contributed by atoms with Crippen LogP contribution >= 0.6 is 15.9 Å². The van der Waals surface area contributed by atoms with Crippen molar-refractivity contribution in [1.82, 2.24) is 4.90 Å². The third-order valence-electron chi connectivity index (χ3n) is 3.88. The molecule has 1 atom stereocenters. The Hall–Kier alpha value is -1.07. The number of nitrogens with zero attached hydrogens (tertiary/aromatic N) is 1. The average molecular weight is 354 g/mol. The highest BCUT2D eigenvalue weighted by molar-refractivity contribution is 9.09. The Morgan fingerprint density at radius 1 is 1.48 bits per heavy atom. The summed E-state index contributed by atoms with van der Waals surface area (Å²) in [5, 5.41) is 0.734. The zero-order valence-electron chi connectivity index (χ0n) is 12.4. The minimum absolute atomic E-state index is 0.0375. The van der Waals surface area contributed by atoms with Crippen LogP contribution in [0.2, 0.25) is 0 Å². The molecule has 1 aromatic rings. The minimum atomic E-state index is -0.313. The van der Waals surface area contributed by atoms with Crippen molar-refractivity contribution < 1.29 is 14.3 Å². The third kappa shape index (κ3) is 3.09. The topological polar surface area (TPSA) is 38.8 Å². The summed E-state index contributed by atoms with van der Waals surface area (Å²) in [5.41, 5.74) is 1.56. The second-order valence-corrected chi connectivity index (χ2v) is 6.91. The number of amides is 1. The van der Waals surface area contributed by atoms with Crippen LogP contribution in [0, 0.1) is 0 Å². The van der Waals surface area contributed by atoms with Gasteiger partial charge in [0.2, 0.25) is 0 Å². The first-order valence-electron chi connectivity index (χ1n) is 7.27. The van der Waals surface area contributed by atoms with Crippen molar-refractivity contribution in [3.8, 4) is 5.75 Å². The van der Waals surface area contributed by atoms with E-state index < -0.39 is 0 Å². The van der Waals surface area contributed by atoms with Gasteiger partial charge in [-0.1, -0.05) is 15.9 Å². The van der Waals surface area contributed by atoms with Gasteiger partial charge in [-0.15, -0.1) is 0 Å². The molecule has 2 heterocycles. The number of fused-ring (bicyclic) bond motifs is 1. The Kier molecular flexibility index (Phi) is 3.97.